The van der Waals surface area contributed by atoms with Gasteiger partial charge in [-0.05, 0) is 55.0 Å². The van der Waals surface area contributed by atoms with E-state index in [1.165, 1.54) is 30.9 Å². The van der Waals surface area contributed by atoms with Crippen molar-refractivity contribution < 1.29 is 19.2 Å². The first-order valence-electron chi connectivity index (χ1n) is 12.1. The molecule has 4 rings (SSSR count). The summed E-state index contributed by atoms with van der Waals surface area (Å²) in [6, 6.07) is 21.6. The van der Waals surface area contributed by atoms with Crippen molar-refractivity contribution in [1.29, 1.82) is 0 Å². The summed E-state index contributed by atoms with van der Waals surface area (Å²) >= 11 is 1.13. The molecule has 0 bridgehead atoms. The molecule has 2 amide bonds. The van der Waals surface area contributed by atoms with Crippen LogP contribution in [0.1, 0.15) is 28.8 Å². The van der Waals surface area contributed by atoms with Crippen LogP contribution in [-0.4, -0.2) is 47.6 Å². The molecule has 1 fully saturated rings. The number of thioether (sulfide) groups is 1. The average Bonchev–Trinajstić information content (AvgIpc) is 2.92. The van der Waals surface area contributed by atoms with Crippen molar-refractivity contribution in [2.45, 2.75) is 24.2 Å². The van der Waals surface area contributed by atoms with E-state index in [4.69, 9.17) is 4.74 Å². The van der Waals surface area contributed by atoms with Gasteiger partial charge >= 0.3 is 0 Å². The second-order valence-corrected chi connectivity index (χ2v) is 9.91. The van der Waals surface area contributed by atoms with Gasteiger partial charge in [0.15, 0.2) is 0 Å². The van der Waals surface area contributed by atoms with Crippen LogP contribution in [0, 0.1) is 16.0 Å². The fourth-order valence-electron chi connectivity index (χ4n) is 4.43. The highest BCUT2D eigenvalue weighted by molar-refractivity contribution is 8.00. The Morgan fingerprint density at radius 2 is 1.76 bits per heavy atom. The summed E-state index contributed by atoms with van der Waals surface area (Å²) in [5.41, 5.74) is 1.73. The minimum absolute atomic E-state index is 0.0320. The Balaban J connectivity index is 1.34. The number of carbonyl (C=O) groups is 2. The van der Waals surface area contributed by atoms with Gasteiger partial charge in [-0.2, -0.15) is 0 Å². The van der Waals surface area contributed by atoms with Gasteiger partial charge in [0.25, 0.3) is 11.6 Å². The van der Waals surface area contributed by atoms with E-state index in [1.54, 1.807) is 24.3 Å². The molecule has 0 unspecified atom stereocenters. The predicted molar refractivity (Wildman–Crippen MR) is 144 cm³/mol. The monoisotopic (exact) mass is 519 g/mol. The fourth-order valence-corrected chi connectivity index (χ4v) is 5.34. The van der Waals surface area contributed by atoms with Gasteiger partial charge in [0.05, 0.1) is 28.4 Å². The van der Waals surface area contributed by atoms with Crippen molar-refractivity contribution in [2.75, 3.05) is 31.3 Å². The quantitative estimate of drug-likeness (QED) is 0.230. The molecule has 1 aliphatic rings. The molecular weight excluding hydrogens is 490 g/mol. The zero-order valence-electron chi connectivity index (χ0n) is 20.6. The van der Waals surface area contributed by atoms with Crippen LogP contribution in [0.2, 0.25) is 0 Å². The Morgan fingerprint density at radius 3 is 2.46 bits per heavy atom. The van der Waals surface area contributed by atoms with E-state index in [0.717, 1.165) is 31.0 Å². The first kappa shape index (κ1) is 26.2. The molecule has 3 aromatic carbocycles. The van der Waals surface area contributed by atoms with Crippen LogP contribution in [-0.2, 0) is 11.2 Å². The van der Waals surface area contributed by atoms with Gasteiger partial charge in [-0.3, -0.25) is 19.7 Å². The van der Waals surface area contributed by atoms with Gasteiger partial charge in [-0.15, -0.1) is 11.8 Å². The number of piperidine rings is 1. The second kappa shape index (κ2) is 12.4. The molecule has 1 heterocycles. The maximum atomic E-state index is 12.8. The molecule has 37 heavy (non-hydrogen) atoms. The van der Waals surface area contributed by atoms with Crippen molar-refractivity contribution in [3.63, 3.8) is 0 Å². The number of carbonyl (C=O) groups excluding carboxylic acids is 2. The van der Waals surface area contributed by atoms with Crippen LogP contribution < -0.4 is 10.1 Å². The number of benzene rings is 3. The van der Waals surface area contributed by atoms with E-state index in [1.807, 2.05) is 23.1 Å². The Morgan fingerprint density at radius 1 is 1.05 bits per heavy atom. The number of rotatable bonds is 9. The third kappa shape index (κ3) is 6.89. The van der Waals surface area contributed by atoms with Gasteiger partial charge in [-0.1, -0.05) is 42.5 Å². The standard InChI is InChI=1S/C28H29N3O5S/c1-36-25-10-6-5-9-23(25)29-28(33)22-11-12-26(24(18-22)31(34)35)37-19-27(32)30-15-13-21(14-16-30)17-20-7-3-2-4-8-20/h2-12,18,21H,13-17,19H2,1H3,(H,29,33). The highest BCUT2D eigenvalue weighted by Gasteiger charge is 2.25. The Bertz CT molecular complexity index is 1260. The molecule has 0 aromatic heterocycles. The molecule has 0 saturated carbocycles. The minimum atomic E-state index is -0.526. The molecule has 1 saturated heterocycles. The zero-order chi connectivity index (χ0) is 26.2. The van der Waals surface area contributed by atoms with Gasteiger partial charge in [-0.25, -0.2) is 0 Å². The van der Waals surface area contributed by atoms with Crippen molar-refractivity contribution >= 4 is 35.0 Å². The first-order valence-corrected chi connectivity index (χ1v) is 13.1. The zero-order valence-corrected chi connectivity index (χ0v) is 21.4. The lowest BCUT2D eigenvalue weighted by Gasteiger charge is -2.32. The summed E-state index contributed by atoms with van der Waals surface area (Å²) in [6.07, 6.45) is 2.91. The number of nitrogens with zero attached hydrogens (tertiary/aromatic N) is 2. The maximum Gasteiger partial charge on any atom is 0.283 e. The van der Waals surface area contributed by atoms with Crippen molar-refractivity contribution in [3.05, 3.63) is 94.0 Å². The van der Waals surface area contributed by atoms with Crippen LogP contribution in [0.3, 0.4) is 0 Å². The molecule has 0 radical (unpaired) electrons. The fraction of sp³-hybridized carbons (Fsp3) is 0.286. The number of nitro groups is 1. The molecule has 9 heteroatoms. The smallest absolute Gasteiger partial charge is 0.283 e. The predicted octanol–water partition coefficient (Wildman–Crippen LogP) is 5.43. The molecule has 1 aliphatic heterocycles. The summed E-state index contributed by atoms with van der Waals surface area (Å²) < 4.78 is 5.24. The van der Waals surface area contributed by atoms with Gasteiger partial charge in [0.2, 0.25) is 5.91 Å². The van der Waals surface area contributed by atoms with Crippen molar-refractivity contribution in [3.8, 4) is 5.75 Å². The number of para-hydroxylation sites is 2. The Labute approximate surface area is 220 Å². The number of nitrogens with one attached hydrogen (secondary N) is 1. The number of methoxy groups -OCH3 is 1. The molecule has 8 nitrogen and oxygen atoms in total. The molecular formula is C28H29N3O5S. The van der Waals surface area contributed by atoms with E-state index in [9.17, 15) is 19.7 Å². The third-order valence-electron chi connectivity index (χ3n) is 6.46. The van der Waals surface area contributed by atoms with Crippen LogP contribution in [0.25, 0.3) is 0 Å². The topological polar surface area (TPSA) is 102 Å². The lowest BCUT2D eigenvalue weighted by atomic mass is 9.90. The van der Waals surface area contributed by atoms with E-state index in [-0.39, 0.29) is 22.9 Å². The van der Waals surface area contributed by atoms with Gasteiger partial charge in [0, 0.05) is 24.7 Å². The number of hydrogen-bond donors (Lipinski definition) is 1. The number of nitro benzene ring substituents is 1. The SMILES string of the molecule is COc1ccccc1NC(=O)c1ccc(SCC(=O)N2CCC(Cc3ccccc3)CC2)c([N+](=O)[O-])c1. The van der Waals surface area contributed by atoms with Crippen molar-refractivity contribution in [2.24, 2.45) is 5.92 Å². The highest BCUT2D eigenvalue weighted by atomic mass is 32.2. The van der Waals surface area contributed by atoms with E-state index >= 15 is 0 Å². The summed E-state index contributed by atoms with van der Waals surface area (Å²) in [5, 5.41) is 14.5. The summed E-state index contributed by atoms with van der Waals surface area (Å²) in [4.78, 5) is 38.9. The number of likely N-dealkylation sites (tertiary alicyclic amines) is 1. The van der Waals surface area contributed by atoms with Gasteiger partial charge < -0.3 is 15.0 Å². The maximum absolute atomic E-state index is 12.8. The molecule has 3 aromatic rings. The number of hydrogen-bond acceptors (Lipinski definition) is 6. The average molecular weight is 520 g/mol. The normalized spacial score (nSPS) is 13.7. The minimum Gasteiger partial charge on any atom is -0.495 e. The van der Waals surface area contributed by atoms with E-state index in [2.05, 4.69) is 17.4 Å². The lowest BCUT2D eigenvalue weighted by molar-refractivity contribution is -0.387. The van der Waals surface area contributed by atoms with Crippen LogP contribution >= 0.6 is 11.8 Å². The van der Waals surface area contributed by atoms with Crippen LogP contribution in [0.15, 0.2) is 77.7 Å². The summed E-state index contributed by atoms with van der Waals surface area (Å²) in [6.45, 7) is 1.39. The van der Waals surface area contributed by atoms with Crippen LogP contribution in [0.5, 0.6) is 5.75 Å². The molecule has 1 N–H and O–H groups in total. The molecule has 0 spiro atoms. The molecule has 0 aliphatic carbocycles. The van der Waals surface area contributed by atoms with E-state index < -0.39 is 10.8 Å². The summed E-state index contributed by atoms with van der Waals surface area (Å²) in [7, 11) is 1.50. The van der Waals surface area contributed by atoms with Crippen LogP contribution in [0.4, 0.5) is 11.4 Å². The second-order valence-electron chi connectivity index (χ2n) is 8.90. The van der Waals surface area contributed by atoms with E-state index in [0.29, 0.717) is 35.3 Å². The highest BCUT2D eigenvalue weighted by Crippen LogP contribution is 2.32. The lowest BCUT2D eigenvalue weighted by Crippen LogP contribution is -2.39. The Hall–Kier alpha value is -3.85. The number of amides is 2. The summed E-state index contributed by atoms with van der Waals surface area (Å²) in [5.74, 6) is 0.626. The number of ether oxygens (including phenoxy) is 1. The first-order chi connectivity index (χ1) is 17.9. The largest absolute Gasteiger partial charge is 0.495 e. The number of anilines is 1. The molecule has 0 atom stereocenters. The van der Waals surface area contributed by atoms with Gasteiger partial charge in [0.1, 0.15) is 5.75 Å². The van der Waals surface area contributed by atoms with Crippen molar-refractivity contribution in [1.82, 2.24) is 4.90 Å². The Kier molecular flexibility index (Phi) is 8.79. The third-order valence-corrected chi connectivity index (χ3v) is 7.51. The molecule has 192 valence electrons.